The molecule has 6 heterocycles. The lowest BCUT2D eigenvalue weighted by Gasteiger charge is -2.31. The molecular weight excluding hydrogens is 1330 g/mol. The van der Waals surface area contributed by atoms with Crippen LogP contribution < -0.4 is 41.5 Å². The van der Waals surface area contributed by atoms with E-state index >= 15 is 0 Å². The third kappa shape index (κ3) is 9.70. The summed E-state index contributed by atoms with van der Waals surface area (Å²) in [6, 6.07) is 137. The fraction of sp³-hybridized carbons (Fsp3) is 0.0101. The second kappa shape index (κ2) is 25.1. The summed E-state index contributed by atoms with van der Waals surface area (Å²) in [5, 5.41) is 15.7. The first-order valence-corrected chi connectivity index (χ1v) is 40.8. The van der Waals surface area contributed by atoms with Crippen LogP contribution in [0.15, 0.2) is 389 Å². The van der Waals surface area contributed by atoms with Gasteiger partial charge in [0, 0.05) is 57.2 Å². The Bertz CT molecular complexity index is 6560. The fourth-order valence-corrected chi connectivity index (χ4v) is 28.4. The Morgan fingerprint density at radius 1 is 0.252 bits per heavy atom. The molecule has 1 aliphatic carbocycles. The van der Waals surface area contributed by atoms with E-state index in [0.717, 1.165) is 84.1 Å². The lowest BCUT2D eigenvalue weighted by atomic mass is 9.98. The van der Waals surface area contributed by atoms with Gasteiger partial charge in [0.15, 0.2) is 27.8 Å². The summed E-state index contributed by atoms with van der Waals surface area (Å²) in [4.78, 5) is 20.8. The van der Waals surface area contributed by atoms with Crippen molar-refractivity contribution < 1.29 is 0 Å². The van der Waals surface area contributed by atoms with Gasteiger partial charge in [-0.1, -0.05) is 340 Å². The van der Waals surface area contributed by atoms with E-state index in [4.69, 9.17) is 19.9 Å². The summed E-state index contributed by atoms with van der Waals surface area (Å²) in [5.74, 6) is 1.44. The molecule has 6 nitrogen and oxygen atoms in total. The summed E-state index contributed by atoms with van der Waals surface area (Å²) in [6.45, 7) is 0. The molecule has 19 aromatic rings. The number of aromatic nitrogens is 6. The summed E-state index contributed by atoms with van der Waals surface area (Å²) < 4.78 is 4.67. The monoisotopic (exact) mass is 1390 g/mol. The van der Waals surface area contributed by atoms with Gasteiger partial charge in [0.05, 0.1) is 16.7 Å². The van der Waals surface area contributed by atoms with Crippen LogP contribution in [0.2, 0.25) is 0 Å². The Balaban J connectivity index is 0.000000138. The van der Waals surface area contributed by atoms with Crippen LogP contribution in [0.3, 0.4) is 0 Å². The van der Waals surface area contributed by atoms with Crippen molar-refractivity contribution in [2.24, 2.45) is 0 Å². The zero-order chi connectivity index (χ0) is 70.6. The molecule has 2 aliphatic heterocycles. The third-order valence-electron chi connectivity index (χ3n) is 22.8. The van der Waals surface area contributed by atoms with Crippen molar-refractivity contribution in [1.82, 2.24) is 29.1 Å². The highest BCUT2D eigenvalue weighted by atomic mass is 28.3. The Morgan fingerprint density at radius 3 is 1.08 bits per heavy atom. The van der Waals surface area contributed by atoms with Crippen LogP contribution in [0.1, 0.15) is 11.1 Å². The van der Waals surface area contributed by atoms with E-state index in [1.807, 2.05) is 12.4 Å². The SMILES string of the molecule is c1ccc(-c2cc(-c3ccccc3)cc(-n3c4ccccc4c4cnc(-c5ccc([Si]6(c7ccccc7)c7ccccc7-c7ccccc76)cc5)nc43)c2)cc1.c1ccc([Si]2(c3ccc(-c4ncc5c6ccccc6n(-c6cccc7c6Cc6ccccc6-7)c5n4)cc3)c3ccccc3-c3ccccc32)cc1. The molecule has 0 bridgehead atoms. The van der Waals surface area contributed by atoms with Crippen LogP contribution in [0.25, 0.3) is 134 Å². The van der Waals surface area contributed by atoms with Crippen molar-refractivity contribution in [3.8, 4) is 89.8 Å². The van der Waals surface area contributed by atoms with Crippen molar-refractivity contribution in [3.63, 3.8) is 0 Å². The van der Waals surface area contributed by atoms with Gasteiger partial charge in [-0.3, -0.25) is 9.13 Å². The molecule has 0 saturated carbocycles. The van der Waals surface area contributed by atoms with Gasteiger partial charge < -0.3 is 0 Å². The lowest BCUT2D eigenvalue weighted by Crippen LogP contribution is -2.72. The first-order valence-electron chi connectivity index (χ1n) is 36.8. The van der Waals surface area contributed by atoms with Crippen molar-refractivity contribution in [2.75, 3.05) is 0 Å². The summed E-state index contributed by atoms with van der Waals surface area (Å²) in [7, 11) is -5.13. The van der Waals surface area contributed by atoms with Crippen molar-refractivity contribution >= 4 is 102 Å². The number of nitrogens with zero attached hydrogens (tertiary/aromatic N) is 6. The minimum atomic E-state index is -2.58. The van der Waals surface area contributed by atoms with Crippen LogP contribution in [-0.4, -0.2) is 45.2 Å². The molecule has 0 saturated heterocycles. The normalized spacial score (nSPS) is 13.2. The molecular formula is C99H66N6Si2. The maximum absolute atomic E-state index is 5.40. The number of para-hydroxylation sites is 2. The lowest BCUT2D eigenvalue weighted by molar-refractivity contribution is 1.08. The van der Waals surface area contributed by atoms with Gasteiger partial charge in [0.25, 0.3) is 0 Å². The van der Waals surface area contributed by atoms with Crippen LogP contribution in [0.5, 0.6) is 0 Å². The van der Waals surface area contributed by atoms with E-state index in [2.05, 4.69) is 385 Å². The molecule has 0 N–H and O–H groups in total. The van der Waals surface area contributed by atoms with Gasteiger partial charge in [-0.2, -0.15) is 0 Å². The second-order valence-corrected chi connectivity index (χ2v) is 35.7. The van der Waals surface area contributed by atoms with Gasteiger partial charge in [-0.15, -0.1) is 0 Å². The molecule has 0 unspecified atom stereocenters. The molecule has 0 atom stereocenters. The Morgan fingerprint density at radius 2 is 0.617 bits per heavy atom. The van der Waals surface area contributed by atoms with Crippen molar-refractivity contribution in [2.45, 2.75) is 6.42 Å². The van der Waals surface area contributed by atoms with Gasteiger partial charge in [-0.05, 0) is 145 Å². The van der Waals surface area contributed by atoms with E-state index in [1.54, 1.807) is 0 Å². The minimum absolute atomic E-state index is 0.707. The molecule has 8 heteroatoms. The van der Waals surface area contributed by atoms with E-state index in [1.165, 1.54) is 103 Å². The van der Waals surface area contributed by atoms with Crippen LogP contribution in [0.4, 0.5) is 0 Å². The highest BCUT2D eigenvalue weighted by Gasteiger charge is 2.50. The predicted molar refractivity (Wildman–Crippen MR) is 448 cm³/mol. The average Bonchev–Trinajstić information content (AvgIpc) is 1.56. The first-order chi connectivity index (χ1) is 53.1. The summed E-state index contributed by atoms with van der Waals surface area (Å²) in [6.07, 6.45) is 4.94. The zero-order valence-corrected chi connectivity index (χ0v) is 60.3. The highest BCUT2D eigenvalue weighted by molar-refractivity contribution is 7.23. The molecule has 3 aliphatic rings. The molecule has 500 valence electrons. The van der Waals surface area contributed by atoms with Gasteiger partial charge in [-0.25, -0.2) is 19.9 Å². The molecule has 4 aromatic heterocycles. The third-order valence-corrected chi connectivity index (χ3v) is 32.5. The fourth-order valence-electron chi connectivity index (χ4n) is 18.1. The highest BCUT2D eigenvalue weighted by Crippen LogP contribution is 2.43. The van der Waals surface area contributed by atoms with Crippen LogP contribution in [0, 0.1) is 0 Å². The zero-order valence-electron chi connectivity index (χ0n) is 58.3. The second-order valence-electron chi connectivity index (χ2n) is 28.3. The van der Waals surface area contributed by atoms with E-state index < -0.39 is 16.1 Å². The Hall–Kier alpha value is -13.5. The smallest absolute Gasteiger partial charge is 0.180 e. The standard InChI is InChI=1S/C52H35N3Si.C47H31N3Si/c1-4-16-36(17-5-1)39-32-40(37-18-6-2-7-19-37)34-41(33-39)55-48-25-13-10-22-44(48)47-35-53-51(54-52(47)55)38-28-30-43(31-29-38)56(42-20-8-3-9-21-42)49-26-14-11-23-45(49)46-24-12-15-27-50(46)56;1-2-14-33(15-3-1)51(44-23-10-7-18-38(44)39-19-8-11-24-45(39)51)34-27-25-31(26-28-34)46-48-30-41-37-17-6-9-21-42(37)50(47(41)49-46)43-22-12-20-36-35-16-5-4-13-32(35)29-40(36)43/h1-35H;1-28,30H,29H2. The number of fused-ring (bicyclic) bond motifs is 15. The van der Waals surface area contributed by atoms with Crippen LogP contribution in [-0.2, 0) is 6.42 Å². The molecule has 0 radical (unpaired) electrons. The number of hydrogen-bond acceptors (Lipinski definition) is 4. The van der Waals surface area contributed by atoms with Crippen molar-refractivity contribution in [1.29, 1.82) is 0 Å². The maximum atomic E-state index is 5.40. The molecule has 15 aromatic carbocycles. The van der Waals surface area contributed by atoms with E-state index in [9.17, 15) is 0 Å². The van der Waals surface area contributed by atoms with E-state index in [-0.39, 0.29) is 0 Å². The topological polar surface area (TPSA) is 61.4 Å². The average molecular weight is 1400 g/mol. The predicted octanol–water partition coefficient (Wildman–Crippen LogP) is 18.1. The van der Waals surface area contributed by atoms with Gasteiger partial charge >= 0.3 is 0 Å². The van der Waals surface area contributed by atoms with Crippen LogP contribution >= 0.6 is 0 Å². The maximum Gasteiger partial charge on any atom is 0.180 e. The Kier molecular flexibility index (Phi) is 14.6. The molecule has 22 rings (SSSR count). The Labute approximate surface area is 622 Å². The number of rotatable bonds is 10. The number of benzene rings is 15. The van der Waals surface area contributed by atoms with Gasteiger partial charge in [0.1, 0.15) is 11.3 Å². The molecule has 0 fully saturated rings. The summed E-state index contributed by atoms with van der Waals surface area (Å²) >= 11 is 0. The quantitative estimate of drug-likeness (QED) is 0.128. The molecule has 0 spiro atoms. The largest absolute Gasteiger partial charge is 0.294 e. The molecule has 107 heavy (non-hydrogen) atoms. The minimum Gasteiger partial charge on any atom is -0.294 e. The van der Waals surface area contributed by atoms with E-state index in [0.29, 0.717) is 5.82 Å². The van der Waals surface area contributed by atoms with Gasteiger partial charge in [0.2, 0.25) is 0 Å². The first kappa shape index (κ1) is 62.1. The van der Waals surface area contributed by atoms with Crippen molar-refractivity contribution in [3.05, 3.63) is 400 Å². The molecule has 0 amide bonds. The number of hydrogen-bond donors (Lipinski definition) is 0. The summed E-state index contributed by atoms with van der Waals surface area (Å²) in [5.41, 5.74) is 23.7.